The average molecular weight is 381 g/mol. The summed E-state index contributed by atoms with van der Waals surface area (Å²) in [5, 5.41) is 16.1. The molecule has 0 aliphatic carbocycles. The van der Waals surface area contributed by atoms with Crippen LogP contribution in [0.1, 0.15) is 31.2 Å². The van der Waals surface area contributed by atoms with E-state index >= 15 is 0 Å². The molecule has 1 saturated heterocycles. The third-order valence-electron chi connectivity index (χ3n) is 5.53. The Hall–Kier alpha value is -2.74. The van der Waals surface area contributed by atoms with Crippen LogP contribution >= 0.6 is 0 Å². The minimum absolute atomic E-state index is 0.0688. The monoisotopic (exact) mass is 381 g/mol. The van der Waals surface area contributed by atoms with Crippen LogP contribution in [0.5, 0.6) is 0 Å². The molecule has 2 aromatic heterocycles. The zero-order chi connectivity index (χ0) is 19.3. The Kier molecular flexibility index (Phi) is 5.66. The third kappa shape index (κ3) is 4.39. The molecule has 3 heterocycles. The standard InChI is InChI=1S/C20H27N7O/c1-15-7-10-26(11-8-15)13-19-23-24-25-27(19)14-20(28)21-9-6-16-12-22-18-5-3-2-4-17(16)18/h2-5,12,15,22H,6-11,13-14H2,1H3,(H,21,28). The Morgan fingerprint density at radius 3 is 2.96 bits per heavy atom. The molecule has 0 radical (unpaired) electrons. The Morgan fingerprint density at radius 1 is 1.29 bits per heavy atom. The van der Waals surface area contributed by atoms with Gasteiger partial charge < -0.3 is 10.3 Å². The number of tetrazole rings is 1. The van der Waals surface area contributed by atoms with Crippen molar-refractivity contribution < 1.29 is 4.79 Å². The lowest BCUT2D eigenvalue weighted by Gasteiger charge is -2.29. The second kappa shape index (κ2) is 8.52. The van der Waals surface area contributed by atoms with Crippen LogP contribution < -0.4 is 5.32 Å². The van der Waals surface area contributed by atoms with Gasteiger partial charge in [-0.25, -0.2) is 4.68 Å². The van der Waals surface area contributed by atoms with Crippen molar-refractivity contribution in [3.05, 3.63) is 41.9 Å². The molecule has 1 amide bonds. The molecule has 1 aliphatic heterocycles. The van der Waals surface area contributed by atoms with E-state index in [1.807, 2.05) is 18.3 Å². The molecular weight excluding hydrogens is 354 g/mol. The van der Waals surface area contributed by atoms with Gasteiger partial charge in [0.15, 0.2) is 5.82 Å². The number of fused-ring (bicyclic) bond motifs is 1. The van der Waals surface area contributed by atoms with Crippen LogP contribution in [0.3, 0.4) is 0 Å². The minimum atomic E-state index is -0.0688. The first-order valence-corrected chi connectivity index (χ1v) is 9.98. The largest absolute Gasteiger partial charge is 0.361 e. The van der Waals surface area contributed by atoms with E-state index in [0.29, 0.717) is 13.1 Å². The molecule has 1 fully saturated rings. The van der Waals surface area contributed by atoms with E-state index in [1.54, 1.807) is 4.68 Å². The molecule has 0 bridgehead atoms. The van der Waals surface area contributed by atoms with Crippen LogP contribution in [-0.4, -0.2) is 55.6 Å². The lowest BCUT2D eigenvalue weighted by Crippen LogP contribution is -2.34. The van der Waals surface area contributed by atoms with Gasteiger partial charge in [0.25, 0.3) is 0 Å². The molecule has 4 rings (SSSR count). The normalized spacial score (nSPS) is 15.9. The number of piperidine rings is 1. The Morgan fingerprint density at radius 2 is 2.11 bits per heavy atom. The van der Waals surface area contributed by atoms with Crippen molar-refractivity contribution in [3.63, 3.8) is 0 Å². The number of para-hydroxylation sites is 1. The van der Waals surface area contributed by atoms with Gasteiger partial charge in [-0.05, 0) is 60.3 Å². The van der Waals surface area contributed by atoms with Crippen LogP contribution in [-0.2, 0) is 24.3 Å². The van der Waals surface area contributed by atoms with Crippen molar-refractivity contribution in [3.8, 4) is 0 Å². The van der Waals surface area contributed by atoms with Crippen LogP contribution in [0.4, 0.5) is 0 Å². The van der Waals surface area contributed by atoms with E-state index in [1.165, 1.54) is 23.8 Å². The number of nitrogens with zero attached hydrogens (tertiary/aromatic N) is 5. The van der Waals surface area contributed by atoms with Crippen molar-refractivity contribution in [2.75, 3.05) is 19.6 Å². The highest BCUT2D eigenvalue weighted by molar-refractivity contribution is 5.83. The van der Waals surface area contributed by atoms with Gasteiger partial charge in [-0.3, -0.25) is 9.69 Å². The van der Waals surface area contributed by atoms with E-state index < -0.39 is 0 Å². The number of hydrogen-bond acceptors (Lipinski definition) is 5. The molecule has 0 spiro atoms. The summed E-state index contributed by atoms with van der Waals surface area (Å²) in [6, 6.07) is 8.19. The molecule has 8 nitrogen and oxygen atoms in total. The molecule has 1 aliphatic rings. The fourth-order valence-corrected chi connectivity index (χ4v) is 3.75. The number of rotatable bonds is 7. The van der Waals surface area contributed by atoms with Crippen LogP contribution in [0, 0.1) is 5.92 Å². The zero-order valence-corrected chi connectivity index (χ0v) is 16.3. The maximum absolute atomic E-state index is 12.3. The smallest absolute Gasteiger partial charge is 0.241 e. The number of amides is 1. The van der Waals surface area contributed by atoms with Crippen molar-refractivity contribution in [2.24, 2.45) is 5.92 Å². The fraction of sp³-hybridized carbons (Fsp3) is 0.500. The fourth-order valence-electron chi connectivity index (χ4n) is 3.75. The molecule has 28 heavy (non-hydrogen) atoms. The third-order valence-corrected chi connectivity index (χ3v) is 5.53. The Labute approximate surface area is 164 Å². The number of aromatic amines is 1. The summed E-state index contributed by atoms with van der Waals surface area (Å²) in [5.74, 6) is 1.47. The zero-order valence-electron chi connectivity index (χ0n) is 16.3. The molecule has 148 valence electrons. The number of carbonyl (C=O) groups excluding carboxylic acids is 1. The molecule has 0 atom stereocenters. The van der Waals surface area contributed by atoms with Crippen LogP contribution in [0.25, 0.3) is 10.9 Å². The van der Waals surface area contributed by atoms with Gasteiger partial charge in [-0.15, -0.1) is 5.10 Å². The number of benzene rings is 1. The van der Waals surface area contributed by atoms with Gasteiger partial charge in [0.2, 0.25) is 5.91 Å². The number of nitrogens with one attached hydrogen (secondary N) is 2. The van der Waals surface area contributed by atoms with Crippen LogP contribution in [0.2, 0.25) is 0 Å². The van der Waals surface area contributed by atoms with E-state index in [-0.39, 0.29) is 12.5 Å². The van der Waals surface area contributed by atoms with Gasteiger partial charge in [-0.1, -0.05) is 25.1 Å². The summed E-state index contributed by atoms with van der Waals surface area (Å²) in [6.45, 7) is 5.85. The first-order chi connectivity index (χ1) is 13.7. The number of H-pyrrole nitrogens is 1. The van der Waals surface area contributed by atoms with Gasteiger partial charge >= 0.3 is 0 Å². The minimum Gasteiger partial charge on any atom is -0.361 e. The Bertz CT molecular complexity index is 923. The molecule has 0 saturated carbocycles. The summed E-state index contributed by atoms with van der Waals surface area (Å²) in [4.78, 5) is 18.0. The highest BCUT2D eigenvalue weighted by atomic mass is 16.2. The molecule has 8 heteroatoms. The molecule has 2 N–H and O–H groups in total. The number of likely N-dealkylation sites (tertiary alicyclic amines) is 1. The molecule has 3 aromatic rings. The topological polar surface area (TPSA) is 91.7 Å². The summed E-state index contributed by atoms with van der Waals surface area (Å²) < 4.78 is 1.61. The second-order valence-corrected chi connectivity index (χ2v) is 7.67. The summed E-state index contributed by atoms with van der Waals surface area (Å²) in [7, 11) is 0. The maximum Gasteiger partial charge on any atom is 0.241 e. The SMILES string of the molecule is CC1CCN(Cc2nnnn2CC(=O)NCCc2c[nH]c3ccccc23)CC1. The quantitative estimate of drug-likeness (QED) is 0.650. The van der Waals surface area contributed by atoms with Gasteiger partial charge in [0, 0.05) is 23.6 Å². The van der Waals surface area contributed by atoms with Gasteiger partial charge in [0.1, 0.15) is 6.54 Å². The van der Waals surface area contributed by atoms with E-state index in [9.17, 15) is 4.79 Å². The molecule has 1 aromatic carbocycles. The van der Waals surface area contributed by atoms with E-state index in [2.05, 4.69) is 49.8 Å². The van der Waals surface area contributed by atoms with Gasteiger partial charge in [0.05, 0.1) is 6.54 Å². The average Bonchev–Trinajstić information content (AvgIpc) is 3.31. The number of carbonyl (C=O) groups is 1. The molecule has 0 unspecified atom stereocenters. The second-order valence-electron chi connectivity index (χ2n) is 7.67. The first-order valence-electron chi connectivity index (χ1n) is 9.98. The van der Waals surface area contributed by atoms with Crippen molar-refractivity contribution in [1.29, 1.82) is 0 Å². The van der Waals surface area contributed by atoms with E-state index in [4.69, 9.17) is 0 Å². The van der Waals surface area contributed by atoms with Crippen LogP contribution in [0.15, 0.2) is 30.5 Å². The Balaban J connectivity index is 1.27. The van der Waals surface area contributed by atoms with Crippen molar-refractivity contribution in [2.45, 2.75) is 39.3 Å². The maximum atomic E-state index is 12.3. The highest BCUT2D eigenvalue weighted by Gasteiger charge is 2.19. The summed E-state index contributed by atoms with van der Waals surface area (Å²) in [5.41, 5.74) is 2.33. The predicted molar refractivity (Wildman–Crippen MR) is 107 cm³/mol. The highest BCUT2D eigenvalue weighted by Crippen LogP contribution is 2.18. The van der Waals surface area contributed by atoms with E-state index in [0.717, 1.165) is 36.8 Å². The van der Waals surface area contributed by atoms with Crippen molar-refractivity contribution >= 4 is 16.8 Å². The number of aromatic nitrogens is 5. The lowest BCUT2D eigenvalue weighted by atomic mass is 9.99. The summed E-state index contributed by atoms with van der Waals surface area (Å²) in [6.07, 6.45) is 5.20. The number of hydrogen-bond donors (Lipinski definition) is 2. The lowest BCUT2D eigenvalue weighted by molar-refractivity contribution is -0.121. The van der Waals surface area contributed by atoms with Crippen molar-refractivity contribution in [1.82, 2.24) is 35.4 Å². The first kappa shape index (κ1) is 18.6. The van der Waals surface area contributed by atoms with Gasteiger partial charge in [-0.2, -0.15) is 0 Å². The summed E-state index contributed by atoms with van der Waals surface area (Å²) >= 11 is 0. The molecular formula is C20H27N7O. The predicted octanol–water partition coefficient (Wildman–Crippen LogP) is 1.75.